The van der Waals surface area contributed by atoms with Crippen LogP contribution >= 0.6 is 15.9 Å². The van der Waals surface area contributed by atoms with E-state index in [0.29, 0.717) is 25.9 Å². The predicted molar refractivity (Wildman–Crippen MR) is 115 cm³/mol. The summed E-state index contributed by atoms with van der Waals surface area (Å²) in [6.45, 7) is 1.05. The average molecular weight is 456 g/mol. The van der Waals surface area contributed by atoms with Crippen molar-refractivity contribution in [3.63, 3.8) is 0 Å². The van der Waals surface area contributed by atoms with Crippen LogP contribution in [0.3, 0.4) is 0 Å². The number of benzene rings is 2. The van der Waals surface area contributed by atoms with Gasteiger partial charge in [-0.3, -0.25) is 14.7 Å². The van der Waals surface area contributed by atoms with Crippen LogP contribution in [0.15, 0.2) is 53.1 Å². The van der Waals surface area contributed by atoms with Crippen molar-refractivity contribution in [2.75, 3.05) is 18.4 Å². The molecule has 150 valence electrons. The molecule has 0 radical (unpaired) electrons. The fourth-order valence-electron chi connectivity index (χ4n) is 3.67. The first-order chi connectivity index (χ1) is 14.0. The summed E-state index contributed by atoms with van der Waals surface area (Å²) in [7, 11) is 0. The normalized spacial score (nSPS) is 16.0. The highest BCUT2D eigenvalue weighted by Gasteiger charge is 2.30. The molecule has 4 N–H and O–H groups in total. The Morgan fingerprint density at radius 1 is 1.21 bits per heavy atom. The van der Waals surface area contributed by atoms with Gasteiger partial charge >= 0.3 is 0 Å². The van der Waals surface area contributed by atoms with Crippen LogP contribution in [0.1, 0.15) is 24.4 Å². The maximum atomic E-state index is 12.8. The van der Waals surface area contributed by atoms with Gasteiger partial charge in [-0.15, -0.1) is 0 Å². The number of nitrogens with zero attached hydrogens (tertiary/aromatic N) is 2. The molecule has 3 aromatic rings. The van der Waals surface area contributed by atoms with Crippen molar-refractivity contribution in [2.45, 2.75) is 18.9 Å². The Bertz CT molecular complexity index is 1040. The van der Waals surface area contributed by atoms with Crippen molar-refractivity contribution in [3.8, 4) is 0 Å². The van der Waals surface area contributed by atoms with Crippen LogP contribution in [-0.2, 0) is 9.59 Å². The van der Waals surface area contributed by atoms with Crippen LogP contribution in [-0.4, -0.2) is 40.0 Å². The van der Waals surface area contributed by atoms with Gasteiger partial charge in [-0.1, -0.05) is 28.1 Å². The number of carbonyl (C=O) groups excluding carboxylic acids is 2. The number of aromatic nitrogens is 2. The van der Waals surface area contributed by atoms with Gasteiger partial charge in [-0.25, -0.2) is 0 Å². The monoisotopic (exact) mass is 455 g/mol. The molecule has 1 unspecified atom stereocenters. The molecule has 1 aliphatic rings. The molecule has 1 fully saturated rings. The third kappa shape index (κ3) is 4.33. The van der Waals surface area contributed by atoms with E-state index >= 15 is 0 Å². The highest BCUT2D eigenvalue weighted by atomic mass is 79.9. The molecule has 1 saturated heterocycles. The second-order valence-corrected chi connectivity index (χ2v) is 8.21. The summed E-state index contributed by atoms with van der Waals surface area (Å²) < 4.78 is 0.891. The Labute approximate surface area is 176 Å². The lowest BCUT2D eigenvalue weighted by Crippen LogP contribution is -2.45. The third-order valence-electron chi connectivity index (χ3n) is 5.36. The highest BCUT2D eigenvalue weighted by Crippen LogP contribution is 2.24. The largest absolute Gasteiger partial charge is 0.341 e. The van der Waals surface area contributed by atoms with Crippen molar-refractivity contribution >= 4 is 44.3 Å². The van der Waals surface area contributed by atoms with E-state index in [-0.39, 0.29) is 17.7 Å². The molecule has 1 aliphatic heterocycles. The average Bonchev–Trinajstić information content (AvgIpc) is 3.20. The molecule has 2 aromatic carbocycles. The van der Waals surface area contributed by atoms with Crippen molar-refractivity contribution in [3.05, 3.63) is 58.7 Å². The van der Waals surface area contributed by atoms with Gasteiger partial charge in [0.15, 0.2) is 0 Å². The van der Waals surface area contributed by atoms with Gasteiger partial charge in [0.25, 0.3) is 0 Å². The van der Waals surface area contributed by atoms with E-state index in [0.717, 1.165) is 26.6 Å². The summed E-state index contributed by atoms with van der Waals surface area (Å²) >= 11 is 3.41. The first-order valence-electron chi connectivity index (χ1n) is 9.55. The van der Waals surface area contributed by atoms with Crippen LogP contribution in [0.2, 0.25) is 0 Å². The lowest BCUT2D eigenvalue weighted by atomic mass is 9.94. The minimum absolute atomic E-state index is 0.0174. The van der Waals surface area contributed by atoms with Crippen LogP contribution in [0.5, 0.6) is 0 Å². The molecule has 0 spiro atoms. The maximum absolute atomic E-state index is 12.8. The van der Waals surface area contributed by atoms with Gasteiger partial charge in [0.2, 0.25) is 11.8 Å². The Hall–Kier alpha value is -2.71. The van der Waals surface area contributed by atoms with Crippen molar-refractivity contribution < 1.29 is 9.59 Å². The zero-order valence-electron chi connectivity index (χ0n) is 15.8. The van der Waals surface area contributed by atoms with E-state index in [1.165, 1.54) is 0 Å². The number of H-pyrrole nitrogens is 1. The molecule has 1 atom stereocenters. The summed E-state index contributed by atoms with van der Waals surface area (Å²) in [5, 5.41) is 10.8. The topological polar surface area (TPSA) is 104 Å². The Morgan fingerprint density at radius 3 is 2.76 bits per heavy atom. The number of hydrogen-bond donors (Lipinski definition) is 3. The van der Waals surface area contributed by atoms with Crippen LogP contribution < -0.4 is 11.1 Å². The number of hydrogen-bond acceptors (Lipinski definition) is 4. The lowest BCUT2D eigenvalue weighted by Gasteiger charge is -2.33. The summed E-state index contributed by atoms with van der Waals surface area (Å²) in [4.78, 5) is 27.2. The van der Waals surface area contributed by atoms with E-state index in [9.17, 15) is 9.59 Å². The van der Waals surface area contributed by atoms with Crippen LogP contribution in [0, 0.1) is 5.92 Å². The zero-order valence-corrected chi connectivity index (χ0v) is 17.4. The third-order valence-corrected chi connectivity index (χ3v) is 5.85. The maximum Gasteiger partial charge on any atom is 0.244 e. The minimum Gasteiger partial charge on any atom is -0.341 e. The standard InChI is InChI=1S/C21H22BrN5O2/c22-16-3-1-2-14(10-16)19(23)21(29)27-8-6-13(7-9-27)20(28)25-17-4-5-18-15(11-17)12-24-26-18/h1-5,10-13,19H,6-9,23H2,(H,24,26)(H,25,28). The van der Waals surface area contributed by atoms with Gasteiger partial charge in [0, 0.05) is 34.6 Å². The molecule has 2 amide bonds. The zero-order chi connectivity index (χ0) is 20.4. The SMILES string of the molecule is NC(C(=O)N1CCC(C(=O)Nc2ccc3[nH]ncc3c2)CC1)c1cccc(Br)c1. The van der Waals surface area contributed by atoms with Crippen molar-refractivity contribution in [1.82, 2.24) is 15.1 Å². The number of amides is 2. The Morgan fingerprint density at radius 2 is 2.00 bits per heavy atom. The second kappa shape index (κ2) is 8.34. The molecule has 0 bridgehead atoms. The first-order valence-corrected chi connectivity index (χ1v) is 10.3. The van der Waals surface area contributed by atoms with Gasteiger partial charge in [-0.05, 0) is 48.7 Å². The van der Waals surface area contributed by atoms with Gasteiger partial charge in [0.1, 0.15) is 6.04 Å². The van der Waals surface area contributed by atoms with Gasteiger partial charge in [-0.2, -0.15) is 5.10 Å². The van der Waals surface area contributed by atoms with Gasteiger partial charge in [0.05, 0.1) is 11.7 Å². The molecule has 29 heavy (non-hydrogen) atoms. The van der Waals surface area contributed by atoms with Gasteiger partial charge < -0.3 is 16.0 Å². The number of fused-ring (bicyclic) bond motifs is 1. The summed E-state index contributed by atoms with van der Waals surface area (Å²) in [5.41, 5.74) is 8.63. The predicted octanol–water partition coefficient (Wildman–Crippen LogP) is 3.20. The second-order valence-electron chi connectivity index (χ2n) is 7.29. The molecule has 1 aromatic heterocycles. The van der Waals surface area contributed by atoms with E-state index < -0.39 is 6.04 Å². The number of piperidine rings is 1. The smallest absolute Gasteiger partial charge is 0.244 e. The summed E-state index contributed by atoms with van der Waals surface area (Å²) in [6, 6.07) is 12.4. The molecule has 8 heteroatoms. The lowest BCUT2D eigenvalue weighted by molar-refractivity contribution is -0.135. The molecule has 0 saturated carbocycles. The number of nitrogens with one attached hydrogen (secondary N) is 2. The molecular weight excluding hydrogens is 434 g/mol. The minimum atomic E-state index is -0.695. The molecular formula is C21H22BrN5O2. The van der Waals surface area contributed by atoms with Crippen LogP contribution in [0.25, 0.3) is 10.9 Å². The number of aromatic amines is 1. The summed E-state index contributed by atoms with van der Waals surface area (Å²) in [6.07, 6.45) is 2.97. The highest BCUT2D eigenvalue weighted by molar-refractivity contribution is 9.10. The number of halogens is 1. The fourth-order valence-corrected chi connectivity index (χ4v) is 4.08. The number of likely N-dealkylation sites (tertiary alicyclic amines) is 1. The number of rotatable bonds is 4. The number of anilines is 1. The summed E-state index contributed by atoms with van der Waals surface area (Å²) in [5.74, 6) is -0.246. The first kappa shape index (κ1) is 19.6. The van der Waals surface area contributed by atoms with Crippen LogP contribution in [0.4, 0.5) is 5.69 Å². The Kier molecular flexibility index (Phi) is 5.64. The van der Waals surface area contributed by atoms with E-state index in [1.54, 1.807) is 11.1 Å². The molecule has 2 heterocycles. The van der Waals surface area contributed by atoms with Crippen molar-refractivity contribution in [1.29, 1.82) is 0 Å². The van der Waals surface area contributed by atoms with E-state index in [2.05, 4.69) is 31.4 Å². The molecule has 0 aliphatic carbocycles. The number of nitrogens with two attached hydrogens (primary N) is 1. The Balaban J connectivity index is 1.33. The van der Waals surface area contributed by atoms with E-state index in [1.807, 2.05) is 42.5 Å². The van der Waals surface area contributed by atoms with Crippen molar-refractivity contribution in [2.24, 2.45) is 11.7 Å². The quantitative estimate of drug-likeness (QED) is 0.561. The van der Waals surface area contributed by atoms with E-state index in [4.69, 9.17) is 5.73 Å². The molecule has 7 nitrogen and oxygen atoms in total. The molecule has 4 rings (SSSR count). The number of carbonyl (C=O) groups is 2. The fraction of sp³-hybridized carbons (Fsp3) is 0.286.